The van der Waals surface area contributed by atoms with Crippen LogP contribution in [0.15, 0.2) is 66.0 Å². The number of nitrogens with zero attached hydrogens (tertiary/aromatic N) is 4. The summed E-state index contributed by atoms with van der Waals surface area (Å²) in [7, 11) is 0. The maximum atomic E-state index is 13.4. The van der Waals surface area contributed by atoms with Crippen molar-refractivity contribution in [3.05, 3.63) is 77.7 Å². The van der Waals surface area contributed by atoms with Crippen LogP contribution in [0.25, 0.3) is 16.4 Å². The van der Waals surface area contributed by atoms with Gasteiger partial charge in [-0.2, -0.15) is 4.98 Å². The Morgan fingerprint density at radius 3 is 2.44 bits per heavy atom. The number of thiophene rings is 1. The van der Waals surface area contributed by atoms with Crippen molar-refractivity contribution in [1.29, 1.82) is 0 Å². The van der Waals surface area contributed by atoms with E-state index in [1.54, 1.807) is 41.3 Å². The van der Waals surface area contributed by atoms with Crippen LogP contribution in [0.2, 0.25) is 0 Å². The van der Waals surface area contributed by atoms with Crippen LogP contribution in [0.3, 0.4) is 0 Å². The van der Waals surface area contributed by atoms with Crippen molar-refractivity contribution in [2.75, 3.05) is 11.4 Å². The Labute approximate surface area is 186 Å². The van der Waals surface area contributed by atoms with Crippen LogP contribution >= 0.6 is 11.3 Å². The number of carbonyl (C=O) groups excluding carboxylic acids is 2. The third kappa shape index (κ3) is 3.90. The average Bonchev–Trinajstić information content (AvgIpc) is 3.55. The number of esters is 1. The first-order valence-electron chi connectivity index (χ1n) is 9.98. The van der Waals surface area contributed by atoms with E-state index in [0.717, 1.165) is 17.0 Å². The summed E-state index contributed by atoms with van der Waals surface area (Å²) in [6.07, 6.45) is 1.39. The number of carbonyl (C=O) groups is 2. The normalized spacial score (nSPS) is 13.5. The minimum atomic E-state index is -0.714. The molecule has 2 aromatic heterocycles. The summed E-state index contributed by atoms with van der Waals surface area (Å²) in [6, 6.07) is 16.3. The van der Waals surface area contributed by atoms with Gasteiger partial charge in [-0.3, -0.25) is 4.79 Å². The van der Waals surface area contributed by atoms with Crippen molar-refractivity contribution >= 4 is 28.9 Å². The molecule has 0 atom stereocenters. The van der Waals surface area contributed by atoms with Crippen molar-refractivity contribution in [1.82, 2.24) is 14.8 Å². The zero-order chi connectivity index (χ0) is 22.1. The number of amides is 1. The topological polar surface area (TPSA) is 77.3 Å². The Morgan fingerprint density at radius 1 is 1.03 bits per heavy atom. The van der Waals surface area contributed by atoms with Crippen LogP contribution in [0.4, 0.5) is 10.1 Å². The molecule has 0 radical (unpaired) electrons. The lowest BCUT2D eigenvalue weighted by atomic mass is 10.3. The highest BCUT2D eigenvalue weighted by Crippen LogP contribution is 2.27. The van der Waals surface area contributed by atoms with Crippen LogP contribution in [0.5, 0.6) is 5.75 Å². The molecule has 1 saturated heterocycles. The summed E-state index contributed by atoms with van der Waals surface area (Å²) >= 11 is 1.45. The van der Waals surface area contributed by atoms with E-state index in [2.05, 4.69) is 10.1 Å². The summed E-state index contributed by atoms with van der Waals surface area (Å²) in [4.78, 5) is 31.5. The van der Waals surface area contributed by atoms with Gasteiger partial charge >= 0.3 is 5.97 Å². The highest BCUT2D eigenvalue weighted by molar-refractivity contribution is 7.13. The maximum absolute atomic E-state index is 13.4. The number of rotatable bonds is 5. The molecule has 1 aliphatic rings. The van der Waals surface area contributed by atoms with Gasteiger partial charge in [0.2, 0.25) is 5.91 Å². The molecule has 160 valence electrons. The molecule has 0 bridgehead atoms. The van der Waals surface area contributed by atoms with E-state index in [1.165, 1.54) is 28.2 Å². The van der Waals surface area contributed by atoms with Crippen LogP contribution in [-0.2, 0) is 4.79 Å². The third-order valence-electron chi connectivity index (χ3n) is 5.03. The molecule has 0 aliphatic carbocycles. The number of aromatic nitrogens is 3. The lowest BCUT2D eigenvalue weighted by Crippen LogP contribution is -2.23. The maximum Gasteiger partial charge on any atom is 0.383 e. The highest BCUT2D eigenvalue weighted by atomic mass is 32.1. The molecule has 9 heteroatoms. The molecular formula is C23H17FN4O3S. The molecule has 0 unspecified atom stereocenters. The fraction of sp³-hybridized carbons (Fsp3) is 0.130. The Hall–Kier alpha value is -3.85. The van der Waals surface area contributed by atoms with Gasteiger partial charge in [-0.15, -0.1) is 16.4 Å². The number of hydrogen-bond acceptors (Lipinski definition) is 6. The number of anilines is 1. The Morgan fingerprint density at radius 2 is 1.78 bits per heavy atom. The minimum absolute atomic E-state index is 0.0892. The van der Waals surface area contributed by atoms with E-state index in [9.17, 15) is 14.0 Å². The van der Waals surface area contributed by atoms with E-state index in [0.29, 0.717) is 30.2 Å². The Bertz CT molecular complexity index is 1270. The van der Waals surface area contributed by atoms with Crippen LogP contribution < -0.4 is 9.64 Å². The van der Waals surface area contributed by atoms with E-state index in [4.69, 9.17) is 4.74 Å². The molecule has 0 saturated carbocycles. The highest BCUT2D eigenvalue weighted by Gasteiger charge is 2.23. The summed E-state index contributed by atoms with van der Waals surface area (Å²) in [6.45, 7) is 0.689. The van der Waals surface area contributed by atoms with E-state index >= 15 is 0 Å². The standard InChI is InChI=1S/C23H17FN4O3S/c24-15-5-7-17(8-6-15)28-22(19-3-2-14-32-19)25-21(26-28)23(30)31-18-11-9-16(10-12-18)27-13-1-4-20(27)29/h2-3,5-12,14H,1,4,13H2. The minimum Gasteiger partial charge on any atom is -0.421 e. The quantitative estimate of drug-likeness (QED) is 0.332. The zero-order valence-corrected chi connectivity index (χ0v) is 17.6. The summed E-state index contributed by atoms with van der Waals surface area (Å²) in [5.41, 5.74) is 1.34. The average molecular weight is 448 g/mol. The van der Waals surface area contributed by atoms with Gasteiger partial charge in [-0.25, -0.2) is 13.9 Å². The first-order chi connectivity index (χ1) is 15.6. The van der Waals surface area contributed by atoms with Gasteiger partial charge in [-0.05, 0) is 66.4 Å². The first-order valence-corrected chi connectivity index (χ1v) is 10.9. The Kier molecular flexibility index (Phi) is 5.24. The van der Waals surface area contributed by atoms with Crippen molar-refractivity contribution in [2.45, 2.75) is 12.8 Å². The second-order valence-corrected chi connectivity index (χ2v) is 8.10. The van der Waals surface area contributed by atoms with Crippen LogP contribution in [-0.4, -0.2) is 33.2 Å². The van der Waals surface area contributed by atoms with Gasteiger partial charge < -0.3 is 9.64 Å². The van der Waals surface area contributed by atoms with Gasteiger partial charge in [0.15, 0.2) is 5.82 Å². The fourth-order valence-electron chi connectivity index (χ4n) is 3.49. The van der Waals surface area contributed by atoms with E-state index in [-0.39, 0.29) is 17.5 Å². The molecule has 2 aromatic carbocycles. The predicted octanol–water partition coefficient (Wildman–Crippen LogP) is 4.48. The molecule has 7 nitrogen and oxygen atoms in total. The Balaban J connectivity index is 1.40. The molecule has 3 heterocycles. The van der Waals surface area contributed by atoms with E-state index in [1.807, 2.05) is 17.5 Å². The molecule has 1 aliphatic heterocycles. The number of ether oxygens (including phenoxy) is 1. The fourth-order valence-corrected chi connectivity index (χ4v) is 4.19. The van der Waals surface area contributed by atoms with E-state index < -0.39 is 5.97 Å². The van der Waals surface area contributed by atoms with Gasteiger partial charge in [0.1, 0.15) is 11.6 Å². The molecule has 32 heavy (non-hydrogen) atoms. The lowest BCUT2D eigenvalue weighted by molar-refractivity contribution is -0.117. The predicted molar refractivity (Wildman–Crippen MR) is 118 cm³/mol. The monoisotopic (exact) mass is 448 g/mol. The molecule has 0 N–H and O–H groups in total. The van der Waals surface area contributed by atoms with Crippen molar-refractivity contribution in [2.24, 2.45) is 0 Å². The summed E-state index contributed by atoms with van der Waals surface area (Å²) in [5, 5.41) is 6.21. The zero-order valence-electron chi connectivity index (χ0n) is 16.8. The molecule has 1 amide bonds. The van der Waals surface area contributed by atoms with Crippen molar-refractivity contribution < 1.29 is 18.7 Å². The third-order valence-corrected chi connectivity index (χ3v) is 5.90. The van der Waals surface area contributed by atoms with Crippen molar-refractivity contribution in [3.8, 4) is 22.1 Å². The second kappa shape index (κ2) is 8.35. The number of benzene rings is 2. The summed E-state index contributed by atoms with van der Waals surface area (Å²) < 4.78 is 20.3. The second-order valence-electron chi connectivity index (χ2n) is 7.16. The largest absolute Gasteiger partial charge is 0.421 e. The SMILES string of the molecule is O=C(Oc1ccc(N2CCCC2=O)cc1)c1nc(-c2cccs2)n(-c2ccc(F)cc2)n1. The summed E-state index contributed by atoms with van der Waals surface area (Å²) in [5.74, 6) is -0.329. The first kappa shape index (κ1) is 20.1. The lowest BCUT2D eigenvalue weighted by Gasteiger charge is -2.15. The smallest absolute Gasteiger partial charge is 0.383 e. The van der Waals surface area contributed by atoms with Crippen LogP contribution in [0, 0.1) is 5.82 Å². The molecule has 5 rings (SSSR count). The molecular weight excluding hydrogens is 431 g/mol. The molecule has 4 aromatic rings. The number of halogens is 1. The van der Waals surface area contributed by atoms with Gasteiger partial charge in [0.05, 0.1) is 10.6 Å². The van der Waals surface area contributed by atoms with Gasteiger partial charge in [-0.1, -0.05) is 6.07 Å². The van der Waals surface area contributed by atoms with Crippen molar-refractivity contribution in [3.63, 3.8) is 0 Å². The molecule has 0 spiro atoms. The van der Waals surface area contributed by atoms with Crippen LogP contribution in [0.1, 0.15) is 23.5 Å². The van der Waals surface area contributed by atoms with Gasteiger partial charge in [0.25, 0.3) is 5.82 Å². The van der Waals surface area contributed by atoms with Gasteiger partial charge in [0, 0.05) is 18.7 Å². The number of hydrogen-bond donors (Lipinski definition) is 0. The molecule has 1 fully saturated rings.